The minimum absolute atomic E-state index is 0.0210. The van der Waals surface area contributed by atoms with Crippen molar-refractivity contribution in [1.82, 2.24) is 4.98 Å². The monoisotopic (exact) mass is 370 g/mol. The lowest BCUT2D eigenvalue weighted by Crippen LogP contribution is -2.45. The van der Waals surface area contributed by atoms with Crippen LogP contribution in [0.15, 0.2) is 30.3 Å². The number of hydrogen-bond acceptors (Lipinski definition) is 5. The lowest BCUT2D eigenvalue weighted by Gasteiger charge is -2.35. The summed E-state index contributed by atoms with van der Waals surface area (Å²) >= 11 is 1.59. The Kier molecular flexibility index (Phi) is 4.84. The highest BCUT2D eigenvalue weighted by molar-refractivity contribution is 7.17. The van der Waals surface area contributed by atoms with Crippen molar-refractivity contribution in [2.45, 2.75) is 45.6 Å². The molecule has 5 heteroatoms. The van der Waals surface area contributed by atoms with Gasteiger partial charge in [0.25, 0.3) is 0 Å². The molecule has 0 spiro atoms. The molecule has 1 aliphatic heterocycles. The molecule has 1 aromatic carbocycles. The summed E-state index contributed by atoms with van der Waals surface area (Å²) in [5.41, 5.74) is 2.38. The van der Waals surface area contributed by atoms with Gasteiger partial charge in [0.05, 0.1) is 29.8 Å². The summed E-state index contributed by atoms with van der Waals surface area (Å²) in [4.78, 5) is 20.7. The van der Waals surface area contributed by atoms with Crippen LogP contribution in [0.1, 0.15) is 47.6 Å². The van der Waals surface area contributed by atoms with Crippen molar-refractivity contribution in [3.05, 3.63) is 46.5 Å². The summed E-state index contributed by atoms with van der Waals surface area (Å²) < 4.78 is 5.75. The van der Waals surface area contributed by atoms with E-state index in [-0.39, 0.29) is 11.2 Å². The SMILES string of the molecule is CC1(C)CC(=O)c2sc(N3CCOCC3CCc3ccccc3)nc2C1. The predicted octanol–water partition coefficient (Wildman–Crippen LogP) is 4.14. The number of thiazole rings is 1. The molecule has 2 aromatic rings. The fourth-order valence-electron chi connectivity index (χ4n) is 3.95. The summed E-state index contributed by atoms with van der Waals surface area (Å²) in [6, 6.07) is 10.9. The molecule has 0 saturated carbocycles. The summed E-state index contributed by atoms with van der Waals surface area (Å²) in [7, 11) is 0. The van der Waals surface area contributed by atoms with Crippen LogP contribution < -0.4 is 4.90 Å². The van der Waals surface area contributed by atoms with Crippen molar-refractivity contribution in [3.8, 4) is 0 Å². The maximum Gasteiger partial charge on any atom is 0.186 e. The van der Waals surface area contributed by atoms with E-state index in [1.165, 1.54) is 5.56 Å². The zero-order valence-electron chi connectivity index (χ0n) is 15.5. The Balaban J connectivity index is 1.53. The van der Waals surface area contributed by atoms with Gasteiger partial charge in [-0.05, 0) is 30.2 Å². The summed E-state index contributed by atoms with van der Waals surface area (Å²) in [5.74, 6) is 0.258. The molecule has 4 nitrogen and oxygen atoms in total. The standard InChI is InChI=1S/C21H26N2O2S/c1-21(2)12-17-19(18(24)13-21)26-20(22-17)23-10-11-25-14-16(23)9-8-15-6-4-3-5-7-15/h3-7,16H,8-14H2,1-2H3. The van der Waals surface area contributed by atoms with Crippen LogP contribution in [0.5, 0.6) is 0 Å². The van der Waals surface area contributed by atoms with Gasteiger partial charge in [-0.1, -0.05) is 55.5 Å². The van der Waals surface area contributed by atoms with E-state index in [1.807, 2.05) is 0 Å². The first-order valence-corrected chi connectivity index (χ1v) is 10.2. The number of carbonyl (C=O) groups excluding carboxylic acids is 1. The Morgan fingerprint density at radius 3 is 2.88 bits per heavy atom. The number of rotatable bonds is 4. The highest BCUT2D eigenvalue weighted by Gasteiger charge is 2.35. The Morgan fingerprint density at radius 1 is 1.27 bits per heavy atom. The normalized spacial score (nSPS) is 22.3. The van der Waals surface area contributed by atoms with E-state index in [4.69, 9.17) is 9.72 Å². The van der Waals surface area contributed by atoms with Gasteiger partial charge in [0.1, 0.15) is 0 Å². The number of ether oxygens (including phenoxy) is 1. The van der Waals surface area contributed by atoms with E-state index < -0.39 is 0 Å². The fraction of sp³-hybridized carbons (Fsp3) is 0.524. The fourth-order valence-corrected chi connectivity index (χ4v) is 5.07. The number of hydrogen-bond donors (Lipinski definition) is 0. The van der Waals surface area contributed by atoms with Crippen LogP contribution in [0, 0.1) is 5.41 Å². The average Bonchev–Trinajstić information content (AvgIpc) is 3.04. The number of Topliss-reactive ketones (excluding diaryl/α,β-unsaturated/α-hetero) is 1. The van der Waals surface area contributed by atoms with Crippen LogP contribution >= 0.6 is 11.3 Å². The van der Waals surface area contributed by atoms with E-state index in [0.29, 0.717) is 12.5 Å². The van der Waals surface area contributed by atoms with Crippen LogP contribution in [-0.4, -0.2) is 36.6 Å². The smallest absolute Gasteiger partial charge is 0.186 e. The topological polar surface area (TPSA) is 42.4 Å². The van der Waals surface area contributed by atoms with Gasteiger partial charge in [0.2, 0.25) is 0 Å². The molecule has 1 atom stereocenters. The number of aromatic nitrogens is 1. The first kappa shape index (κ1) is 17.7. The highest BCUT2D eigenvalue weighted by atomic mass is 32.1. The van der Waals surface area contributed by atoms with Crippen LogP contribution in [0.4, 0.5) is 5.13 Å². The number of anilines is 1. The Labute approximate surface area is 159 Å². The van der Waals surface area contributed by atoms with Gasteiger partial charge >= 0.3 is 0 Å². The predicted molar refractivity (Wildman–Crippen MR) is 105 cm³/mol. The number of benzene rings is 1. The third-order valence-corrected chi connectivity index (χ3v) is 6.48. The van der Waals surface area contributed by atoms with Gasteiger partial charge in [-0.15, -0.1) is 0 Å². The second kappa shape index (κ2) is 7.12. The zero-order valence-corrected chi connectivity index (χ0v) is 16.3. The Hall–Kier alpha value is -1.72. The van der Waals surface area contributed by atoms with Crippen molar-refractivity contribution in [3.63, 3.8) is 0 Å². The molecule has 0 bridgehead atoms. The molecule has 138 valence electrons. The lowest BCUT2D eigenvalue weighted by molar-refractivity contribution is 0.0910. The summed E-state index contributed by atoms with van der Waals surface area (Å²) in [6.45, 7) is 6.62. The van der Waals surface area contributed by atoms with Gasteiger partial charge in [0, 0.05) is 13.0 Å². The van der Waals surface area contributed by atoms with E-state index in [1.54, 1.807) is 11.3 Å². The van der Waals surface area contributed by atoms with E-state index in [9.17, 15) is 4.79 Å². The van der Waals surface area contributed by atoms with Crippen LogP contribution in [0.3, 0.4) is 0 Å². The quantitative estimate of drug-likeness (QED) is 0.811. The van der Waals surface area contributed by atoms with Crippen molar-refractivity contribution >= 4 is 22.3 Å². The Morgan fingerprint density at radius 2 is 2.08 bits per heavy atom. The molecule has 4 rings (SSSR count). The summed E-state index contributed by atoms with van der Waals surface area (Å²) in [6.07, 6.45) is 3.59. The molecule has 0 radical (unpaired) electrons. The number of morpholine rings is 1. The van der Waals surface area contributed by atoms with Crippen LogP contribution in [-0.2, 0) is 17.6 Å². The molecule has 2 aliphatic rings. The molecule has 1 unspecified atom stereocenters. The van der Waals surface area contributed by atoms with E-state index >= 15 is 0 Å². The van der Waals surface area contributed by atoms with Crippen LogP contribution in [0.2, 0.25) is 0 Å². The van der Waals surface area contributed by atoms with Gasteiger partial charge in [-0.3, -0.25) is 4.79 Å². The number of nitrogens with zero attached hydrogens (tertiary/aromatic N) is 2. The van der Waals surface area contributed by atoms with Crippen molar-refractivity contribution in [2.75, 3.05) is 24.7 Å². The third kappa shape index (κ3) is 3.69. The minimum atomic E-state index is 0.0210. The molecule has 2 heterocycles. The summed E-state index contributed by atoms with van der Waals surface area (Å²) in [5, 5.41) is 1.00. The lowest BCUT2D eigenvalue weighted by atomic mass is 9.78. The second-order valence-electron chi connectivity index (χ2n) is 8.16. The average molecular weight is 371 g/mol. The largest absolute Gasteiger partial charge is 0.377 e. The number of aryl methyl sites for hydroxylation is 1. The number of carbonyl (C=O) groups is 1. The maximum absolute atomic E-state index is 12.5. The van der Waals surface area contributed by atoms with Crippen molar-refractivity contribution < 1.29 is 9.53 Å². The molecule has 1 fully saturated rings. The zero-order chi connectivity index (χ0) is 18.1. The molecular weight excluding hydrogens is 344 g/mol. The second-order valence-corrected chi connectivity index (χ2v) is 9.14. The molecule has 1 aliphatic carbocycles. The molecule has 0 amide bonds. The van der Waals surface area contributed by atoms with Gasteiger partial charge in [-0.25, -0.2) is 4.98 Å². The minimum Gasteiger partial charge on any atom is -0.377 e. The van der Waals surface area contributed by atoms with E-state index in [0.717, 1.165) is 54.7 Å². The number of fused-ring (bicyclic) bond motifs is 1. The first-order valence-electron chi connectivity index (χ1n) is 9.43. The van der Waals surface area contributed by atoms with Gasteiger partial charge in [0.15, 0.2) is 10.9 Å². The Bertz CT molecular complexity index is 785. The molecule has 26 heavy (non-hydrogen) atoms. The highest BCUT2D eigenvalue weighted by Crippen LogP contribution is 2.40. The third-order valence-electron chi connectivity index (χ3n) is 5.31. The van der Waals surface area contributed by atoms with Crippen molar-refractivity contribution in [2.24, 2.45) is 5.41 Å². The van der Waals surface area contributed by atoms with Gasteiger partial charge < -0.3 is 9.64 Å². The van der Waals surface area contributed by atoms with Crippen LogP contribution in [0.25, 0.3) is 0 Å². The molecule has 0 N–H and O–H groups in total. The number of ketones is 1. The molecule has 1 aromatic heterocycles. The van der Waals surface area contributed by atoms with E-state index in [2.05, 4.69) is 49.1 Å². The molecular formula is C21H26N2O2S. The maximum atomic E-state index is 12.5. The first-order chi connectivity index (χ1) is 12.5. The van der Waals surface area contributed by atoms with Gasteiger partial charge in [-0.2, -0.15) is 0 Å². The molecule has 1 saturated heterocycles. The van der Waals surface area contributed by atoms with Crippen molar-refractivity contribution in [1.29, 1.82) is 0 Å².